The second kappa shape index (κ2) is 10.2. The molecule has 30 heavy (non-hydrogen) atoms. The molecule has 0 spiro atoms. The molecule has 0 unspecified atom stereocenters. The molecule has 0 bridgehead atoms. The van der Waals surface area contributed by atoms with Gasteiger partial charge in [0, 0.05) is 13.5 Å². The molecule has 11 nitrogen and oxygen atoms in total. The molecular weight excluding hydrogens is 470 g/mol. The lowest BCUT2D eigenvalue weighted by atomic mass is 9.99. The molecule has 1 aliphatic heterocycles. The topological polar surface area (TPSA) is 172 Å². The van der Waals surface area contributed by atoms with Crippen LogP contribution in [0.3, 0.4) is 0 Å². The minimum Gasteiger partial charge on any atom is -0.479 e. The van der Waals surface area contributed by atoms with Gasteiger partial charge in [0.25, 0.3) is 5.91 Å². The van der Waals surface area contributed by atoms with Crippen LogP contribution in [-0.4, -0.2) is 75.5 Å². The number of carboxylic acid groups (broad SMARTS) is 1. The van der Waals surface area contributed by atoms with Crippen molar-refractivity contribution in [3.63, 3.8) is 0 Å². The molecular formula is C18H22BrNO10. The summed E-state index contributed by atoms with van der Waals surface area (Å²) in [6.45, 7) is 3.10. The van der Waals surface area contributed by atoms with Crippen LogP contribution >= 0.6 is 15.9 Å². The zero-order valence-electron chi connectivity index (χ0n) is 16.1. The van der Waals surface area contributed by atoms with Crippen molar-refractivity contribution in [2.45, 2.75) is 51.2 Å². The number of amides is 1. The molecule has 1 fully saturated rings. The number of aliphatic hydroxyl groups excluding tert-OH is 3. The van der Waals surface area contributed by atoms with Crippen molar-refractivity contribution in [3.05, 3.63) is 27.7 Å². The summed E-state index contributed by atoms with van der Waals surface area (Å²) in [4.78, 5) is 34.8. The molecule has 0 radical (unpaired) electrons. The molecule has 1 saturated heterocycles. The Hall–Kier alpha value is -2.25. The number of hydrogen-bond acceptors (Lipinski definition) is 9. The van der Waals surface area contributed by atoms with Crippen molar-refractivity contribution in [3.8, 4) is 5.75 Å². The summed E-state index contributed by atoms with van der Waals surface area (Å²) in [5.41, 5.74) is 0.436. The number of aliphatic hydroxyl groups is 3. The smallest absolute Gasteiger partial charge is 0.335 e. The van der Waals surface area contributed by atoms with Crippen molar-refractivity contribution in [2.24, 2.45) is 0 Å². The third-order valence-electron chi connectivity index (χ3n) is 4.17. The predicted octanol–water partition coefficient (Wildman–Crippen LogP) is -0.467. The van der Waals surface area contributed by atoms with Crippen molar-refractivity contribution < 1.29 is 49.0 Å². The van der Waals surface area contributed by atoms with E-state index in [1.807, 2.05) is 0 Å². The Kier molecular flexibility index (Phi) is 8.15. The largest absolute Gasteiger partial charge is 0.479 e. The average Bonchev–Trinajstić information content (AvgIpc) is 2.67. The fourth-order valence-electron chi connectivity index (χ4n) is 2.73. The van der Waals surface area contributed by atoms with E-state index in [0.29, 0.717) is 12.1 Å². The molecule has 1 aromatic rings. The second-order valence-electron chi connectivity index (χ2n) is 6.45. The number of carbonyl (C=O) groups is 3. The van der Waals surface area contributed by atoms with Crippen molar-refractivity contribution in [1.82, 2.24) is 5.32 Å². The molecule has 1 amide bonds. The highest BCUT2D eigenvalue weighted by molar-refractivity contribution is 9.10. The number of aliphatic carboxylic acids is 1. The summed E-state index contributed by atoms with van der Waals surface area (Å²) in [5.74, 6) is -2.75. The van der Waals surface area contributed by atoms with Crippen LogP contribution in [0.1, 0.15) is 29.8 Å². The predicted molar refractivity (Wildman–Crippen MR) is 103 cm³/mol. The van der Waals surface area contributed by atoms with E-state index in [9.17, 15) is 29.7 Å². The van der Waals surface area contributed by atoms with Crippen molar-refractivity contribution >= 4 is 33.8 Å². The summed E-state index contributed by atoms with van der Waals surface area (Å²) in [6.07, 6.45) is -9.10. The first kappa shape index (κ1) is 24.0. The van der Waals surface area contributed by atoms with Gasteiger partial charge in [-0.15, -0.1) is 0 Å². The van der Waals surface area contributed by atoms with E-state index in [2.05, 4.69) is 21.2 Å². The first-order valence-corrected chi connectivity index (χ1v) is 9.69. The molecule has 1 heterocycles. The van der Waals surface area contributed by atoms with Crippen LogP contribution in [0.2, 0.25) is 0 Å². The van der Waals surface area contributed by atoms with Gasteiger partial charge in [0.1, 0.15) is 30.7 Å². The normalized spacial score (nSPS) is 26.0. The Morgan fingerprint density at radius 2 is 1.83 bits per heavy atom. The molecule has 0 saturated carbocycles. The standard InChI is InChI=1S/C18H22BrNO10/c1-3-20-16(25)9-4-8(6-28-7(2)21)5-10(19)14(9)29-18-13(24)11(22)12(23)15(30-18)17(26)27/h4-5,11-13,15,18,22-24H,3,6H2,1-2H3,(H,20,25)(H,26,27)/t11-,12-,13+,15-,18+/m0/s1. The Morgan fingerprint density at radius 3 is 2.40 bits per heavy atom. The van der Waals surface area contributed by atoms with Crippen LogP contribution in [-0.2, 0) is 25.7 Å². The van der Waals surface area contributed by atoms with E-state index < -0.39 is 48.6 Å². The van der Waals surface area contributed by atoms with Crippen LogP contribution in [0.5, 0.6) is 5.75 Å². The maximum absolute atomic E-state index is 12.5. The van der Waals surface area contributed by atoms with Gasteiger partial charge in [-0.1, -0.05) is 0 Å². The highest BCUT2D eigenvalue weighted by atomic mass is 79.9. The number of esters is 1. The average molecular weight is 492 g/mol. The highest BCUT2D eigenvalue weighted by Crippen LogP contribution is 2.34. The minimum absolute atomic E-state index is 0.0170. The molecule has 12 heteroatoms. The summed E-state index contributed by atoms with van der Waals surface area (Å²) in [6, 6.07) is 2.89. The van der Waals surface area contributed by atoms with Gasteiger partial charge in [-0.25, -0.2) is 4.79 Å². The lowest BCUT2D eigenvalue weighted by molar-refractivity contribution is -0.271. The van der Waals surface area contributed by atoms with Crippen LogP contribution < -0.4 is 10.1 Å². The van der Waals surface area contributed by atoms with E-state index in [1.165, 1.54) is 19.1 Å². The number of halogens is 1. The summed E-state index contributed by atoms with van der Waals surface area (Å²) < 4.78 is 15.8. The van der Waals surface area contributed by atoms with Crippen LogP contribution in [0.4, 0.5) is 0 Å². The fourth-order valence-corrected chi connectivity index (χ4v) is 3.33. The highest BCUT2D eigenvalue weighted by Gasteiger charge is 2.48. The maximum atomic E-state index is 12.5. The molecule has 5 N–H and O–H groups in total. The SMILES string of the molecule is CCNC(=O)c1cc(COC(C)=O)cc(Br)c1O[C@@H]1O[C@H](C(=O)O)[C@@H](O)[C@H](O)[C@H]1O. The lowest BCUT2D eigenvalue weighted by Crippen LogP contribution is -2.61. The van der Waals surface area contributed by atoms with Gasteiger partial charge in [-0.2, -0.15) is 0 Å². The summed E-state index contributed by atoms with van der Waals surface area (Å²) in [7, 11) is 0. The van der Waals surface area contributed by atoms with Gasteiger partial charge in [0.15, 0.2) is 6.10 Å². The van der Waals surface area contributed by atoms with Gasteiger partial charge in [0.2, 0.25) is 6.29 Å². The maximum Gasteiger partial charge on any atom is 0.335 e. The summed E-state index contributed by atoms with van der Waals surface area (Å²) in [5, 5.41) is 41.6. The lowest BCUT2D eigenvalue weighted by Gasteiger charge is -2.38. The van der Waals surface area contributed by atoms with Crippen LogP contribution in [0, 0.1) is 0 Å². The van der Waals surface area contributed by atoms with Gasteiger partial charge in [0.05, 0.1) is 10.0 Å². The third-order valence-corrected chi connectivity index (χ3v) is 4.76. The Bertz CT molecular complexity index is 816. The number of carboxylic acids is 1. The second-order valence-corrected chi connectivity index (χ2v) is 7.30. The number of rotatable bonds is 7. The Morgan fingerprint density at radius 1 is 1.17 bits per heavy atom. The minimum atomic E-state index is -1.88. The van der Waals surface area contributed by atoms with Gasteiger partial charge in [-0.3, -0.25) is 9.59 Å². The molecule has 0 aliphatic carbocycles. The number of benzene rings is 1. The van der Waals surface area contributed by atoms with E-state index in [0.717, 1.165) is 0 Å². The monoisotopic (exact) mass is 491 g/mol. The molecule has 2 rings (SSSR count). The van der Waals surface area contributed by atoms with E-state index in [4.69, 9.17) is 19.3 Å². The van der Waals surface area contributed by atoms with Gasteiger partial charge < -0.3 is 40.0 Å². The number of nitrogens with one attached hydrogen (secondary N) is 1. The summed E-state index contributed by atoms with van der Waals surface area (Å²) >= 11 is 3.23. The first-order valence-electron chi connectivity index (χ1n) is 8.89. The van der Waals surface area contributed by atoms with Crippen LogP contribution in [0.25, 0.3) is 0 Å². The molecule has 5 atom stereocenters. The van der Waals surface area contributed by atoms with E-state index in [1.54, 1.807) is 6.92 Å². The molecule has 0 aromatic heterocycles. The van der Waals surface area contributed by atoms with E-state index >= 15 is 0 Å². The number of hydrogen-bond donors (Lipinski definition) is 5. The molecule has 1 aliphatic rings. The van der Waals surface area contributed by atoms with Crippen molar-refractivity contribution in [2.75, 3.05) is 6.54 Å². The van der Waals surface area contributed by atoms with Gasteiger partial charge in [-0.05, 0) is 40.5 Å². The quantitative estimate of drug-likeness (QED) is 0.314. The number of ether oxygens (including phenoxy) is 3. The van der Waals surface area contributed by atoms with E-state index in [-0.39, 0.29) is 22.4 Å². The molecule has 166 valence electrons. The third kappa shape index (κ3) is 5.46. The van der Waals surface area contributed by atoms with Crippen molar-refractivity contribution in [1.29, 1.82) is 0 Å². The zero-order chi connectivity index (χ0) is 22.6. The zero-order valence-corrected chi connectivity index (χ0v) is 17.7. The van der Waals surface area contributed by atoms with Crippen LogP contribution in [0.15, 0.2) is 16.6 Å². The Labute approximate surface area is 179 Å². The fraction of sp³-hybridized carbons (Fsp3) is 0.500. The Balaban J connectivity index is 2.40. The first-order chi connectivity index (χ1) is 14.1. The number of carbonyl (C=O) groups excluding carboxylic acids is 2. The molecule has 1 aromatic carbocycles. The van der Waals surface area contributed by atoms with Gasteiger partial charge >= 0.3 is 11.9 Å².